The summed E-state index contributed by atoms with van der Waals surface area (Å²) in [5.74, 6) is -1.19. The van der Waals surface area contributed by atoms with Gasteiger partial charge in [0, 0.05) is 11.1 Å². The first-order valence-electron chi connectivity index (χ1n) is 8.73. The molecule has 31 heavy (non-hydrogen) atoms. The molecule has 1 heterocycles. The standard InChI is InChI=1S/C17H20Cl2F3N3O5S/c18-8-2-1-7(3-9(8)19)31-16-14(28)12(13(27)11(5-26)30-16)24-4-10(23)15(29)25-6-17(20,21)22/h1-4,11-14,16,24,26-28H,5-6,23H2,(H,25,29)/b10-4-. The minimum Gasteiger partial charge on any atom is -0.394 e. The van der Waals surface area contributed by atoms with Crippen LogP contribution in [0.3, 0.4) is 0 Å². The molecule has 7 N–H and O–H groups in total. The number of benzene rings is 1. The number of carbonyl (C=O) groups excluding carboxylic acids is 1. The van der Waals surface area contributed by atoms with Crippen LogP contribution < -0.4 is 16.4 Å². The van der Waals surface area contributed by atoms with Crippen molar-refractivity contribution in [1.29, 1.82) is 0 Å². The van der Waals surface area contributed by atoms with E-state index in [0.717, 1.165) is 18.0 Å². The monoisotopic (exact) mass is 505 g/mol. The first kappa shape index (κ1) is 25.8. The smallest absolute Gasteiger partial charge is 0.394 e. The van der Waals surface area contributed by atoms with Crippen molar-refractivity contribution in [2.75, 3.05) is 13.2 Å². The van der Waals surface area contributed by atoms with E-state index in [9.17, 15) is 33.3 Å². The number of thioether (sulfide) groups is 1. The maximum atomic E-state index is 12.2. The quantitative estimate of drug-likeness (QED) is 0.301. The molecule has 14 heteroatoms. The van der Waals surface area contributed by atoms with E-state index in [4.69, 9.17) is 33.7 Å². The van der Waals surface area contributed by atoms with Gasteiger partial charge in [-0.3, -0.25) is 4.79 Å². The highest BCUT2D eigenvalue weighted by atomic mass is 35.5. The van der Waals surface area contributed by atoms with Crippen molar-refractivity contribution in [3.05, 3.63) is 40.1 Å². The highest BCUT2D eigenvalue weighted by Crippen LogP contribution is 2.35. The molecule has 5 atom stereocenters. The van der Waals surface area contributed by atoms with Crippen molar-refractivity contribution in [3.63, 3.8) is 0 Å². The Morgan fingerprint density at radius 2 is 1.94 bits per heavy atom. The van der Waals surface area contributed by atoms with Gasteiger partial charge in [-0.15, -0.1) is 0 Å². The summed E-state index contributed by atoms with van der Waals surface area (Å²) in [5.41, 5.74) is 3.86. The minimum absolute atomic E-state index is 0.269. The third-order valence-corrected chi connectivity index (χ3v) is 6.06. The zero-order valence-electron chi connectivity index (χ0n) is 15.6. The number of rotatable bonds is 7. The molecule has 1 saturated heterocycles. The van der Waals surface area contributed by atoms with Gasteiger partial charge in [-0.05, 0) is 18.2 Å². The fraction of sp³-hybridized carbons (Fsp3) is 0.471. The van der Waals surface area contributed by atoms with Gasteiger partial charge >= 0.3 is 6.18 Å². The highest BCUT2D eigenvalue weighted by molar-refractivity contribution is 7.99. The summed E-state index contributed by atoms with van der Waals surface area (Å²) in [5, 5.41) is 35.2. The van der Waals surface area contributed by atoms with Gasteiger partial charge in [0.2, 0.25) is 0 Å². The summed E-state index contributed by atoms with van der Waals surface area (Å²) < 4.78 is 42.1. The molecule has 0 spiro atoms. The normalized spacial score (nSPS) is 27.1. The van der Waals surface area contributed by atoms with E-state index in [1.807, 2.05) is 0 Å². The summed E-state index contributed by atoms with van der Waals surface area (Å²) in [6, 6.07) is 3.53. The van der Waals surface area contributed by atoms with Gasteiger partial charge in [0.15, 0.2) is 0 Å². The molecular weight excluding hydrogens is 486 g/mol. The molecule has 0 aliphatic carbocycles. The molecule has 174 valence electrons. The topological polar surface area (TPSA) is 137 Å². The van der Waals surface area contributed by atoms with E-state index in [2.05, 4.69) is 5.32 Å². The minimum atomic E-state index is -4.61. The van der Waals surface area contributed by atoms with Crippen LogP contribution in [-0.2, 0) is 9.53 Å². The fourth-order valence-electron chi connectivity index (χ4n) is 2.60. The lowest BCUT2D eigenvalue weighted by Crippen LogP contribution is -2.62. The molecule has 1 amide bonds. The van der Waals surface area contributed by atoms with E-state index >= 15 is 0 Å². The molecule has 0 aromatic heterocycles. The molecule has 1 aliphatic rings. The van der Waals surface area contributed by atoms with Crippen LogP contribution in [-0.4, -0.2) is 70.3 Å². The predicted octanol–water partition coefficient (Wildman–Crippen LogP) is 0.961. The van der Waals surface area contributed by atoms with Crippen LogP contribution >= 0.6 is 35.0 Å². The number of nitrogens with one attached hydrogen (secondary N) is 2. The van der Waals surface area contributed by atoms with Gasteiger partial charge in [0.05, 0.1) is 22.7 Å². The Bertz CT molecular complexity index is 818. The second-order valence-electron chi connectivity index (χ2n) is 6.49. The van der Waals surface area contributed by atoms with E-state index in [-0.39, 0.29) is 5.02 Å². The van der Waals surface area contributed by atoms with E-state index in [0.29, 0.717) is 9.92 Å². The summed E-state index contributed by atoms with van der Waals surface area (Å²) in [7, 11) is 0. The molecule has 1 aromatic rings. The van der Waals surface area contributed by atoms with Crippen LogP contribution in [0.15, 0.2) is 35.0 Å². The number of hydrogen-bond acceptors (Lipinski definition) is 8. The maximum absolute atomic E-state index is 12.2. The lowest BCUT2D eigenvalue weighted by atomic mass is 9.97. The van der Waals surface area contributed by atoms with Crippen LogP contribution in [0.2, 0.25) is 10.0 Å². The van der Waals surface area contributed by atoms with Gasteiger partial charge in [-0.1, -0.05) is 35.0 Å². The molecular formula is C17H20Cl2F3N3O5S. The molecule has 0 bridgehead atoms. The van der Waals surface area contributed by atoms with Crippen molar-refractivity contribution in [3.8, 4) is 0 Å². The number of aliphatic hydroxyl groups excluding tert-OH is 3. The third-order valence-electron chi connectivity index (χ3n) is 4.17. The van der Waals surface area contributed by atoms with Crippen molar-refractivity contribution in [2.24, 2.45) is 5.73 Å². The van der Waals surface area contributed by atoms with E-state index in [1.54, 1.807) is 17.4 Å². The molecule has 8 nitrogen and oxygen atoms in total. The van der Waals surface area contributed by atoms with Gasteiger partial charge in [-0.2, -0.15) is 13.2 Å². The second kappa shape index (κ2) is 10.9. The lowest BCUT2D eigenvalue weighted by Gasteiger charge is -2.42. The maximum Gasteiger partial charge on any atom is 0.405 e. The number of carbonyl (C=O) groups is 1. The number of aliphatic hydroxyl groups is 3. The Morgan fingerprint density at radius 3 is 2.52 bits per heavy atom. The van der Waals surface area contributed by atoms with Crippen molar-refractivity contribution in [2.45, 2.75) is 40.9 Å². The molecule has 5 unspecified atom stereocenters. The Hall–Kier alpha value is -1.41. The zero-order valence-corrected chi connectivity index (χ0v) is 18.0. The first-order chi connectivity index (χ1) is 14.4. The van der Waals surface area contributed by atoms with Gasteiger partial charge < -0.3 is 36.4 Å². The van der Waals surface area contributed by atoms with E-state index in [1.165, 1.54) is 6.07 Å². The Kier molecular flexibility index (Phi) is 9.13. The van der Waals surface area contributed by atoms with Crippen LogP contribution in [0, 0.1) is 0 Å². The largest absolute Gasteiger partial charge is 0.405 e. The molecule has 0 radical (unpaired) electrons. The molecule has 1 aliphatic heterocycles. The molecule has 1 aromatic carbocycles. The number of nitrogens with two attached hydrogens (primary N) is 1. The van der Waals surface area contributed by atoms with Crippen LogP contribution in [0.4, 0.5) is 13.2 Å². The SMILES string of the molecule is N/C(=C\NC1C(O)C(CO)OC(Sc2ccc(Cl)c(Cl)c2)C1O)C(=O)NCC(F)(F)F. The first-order valence-corrected chi connectivity index (χ1v) is 10.4. The van der Waals surface area contributed by atoms with Crippen molar-refractivity contribution < 1.29 is 38.0 Å². The third kappa shape index (κ3) is 7.31. The van der Waals surface area contributed by atoms with Crippen LogP contribution in [0.1, 0.15) is 0 Å². The molecule has 0 saturated carbocycles. The van der Waals surface area contributed by atoms with Gasteiger partial charge in [-0.25, -0.2) is 0 Å². The number of amides is 1. The lowest BCUT2D eigenvalue weighted by molar-refractivity contribution is -0.164. The second-order valence-corrected chi connectivity index (χ2v) is 8.48. The average Bonchev–Trinajstić information content (AvgIpc) is 2.70. The summed E-state index contributed by atoms with van der Waals surface area (Å²) in [4.78, 5) is 12.2. The highest BCUT2D eigenvalue weighted by Gasteiger charge is 2.44. The molecule has 1 fully saturated rings. The van der Waals surface area contributed by atoms with Crippen molar-refractivity contribution in [1.82, 2.24) is 10.6 Å². The Labute approximate surface area is 189 Å². The van der Waals surface area contributed by atoms with Crippen molar-refractivity contribution >= 4 is 40.9 Å². The number of alkyl halides is 3. The fourth-order valence-corrected chi connectivity index (χ4v) is 4.07. The Morgan fingerprint density at radius 1 is 1.26 bits per heavy atom. The summed E-state index contributed by atoms with van der Waals surface area (Å²) in [6.07, 6.45) is -7.65. The Balaban J connectivity index is 2.11. The van der Waals surface area contributed by atoms with E-state index < -0.39 is 60.7 Å². The number of halogens is 5. The molecule has 2 rings (SSSR count). The predicted molar refractivity (Wildman–Crippen MR) is 108 cm³/mol. The zero-order chi connectivity index (χ0) is 23.3. The summed E-state index contributed by atoms with van der Waals surface area (Å²) >= 11 is 12.9. The summed E-state index contributed by atoms with van der Waals surface area (Å²) in [6.45, 7) is -2.16. The number of ether oxygens (including phenoxy) is 1. The van der Waals surface area contributed by atoms with Gasteiger partial charge in [0.25, 0.3) is 5.91 Å². The van der Waals surface area contributed by atoms with Gasteiger partial charge in [0.1, 0.15) is 36.0 Å². The van der Waals surface area contributed by atoms with Crippen LogP contribution in [0.5, 0.6) is 0 Å². The number of hydrogen-bond donors (Lipinski definition) is 6. The average molecular weight is 506 g/mol. The van der Waals surface area contributed by atoms with Crippen LogP contribution in [0.25, 0.3) is 0 Å².